The van der Waals surface area contributed by atoms with E-state index in [4.69, 9.17) is 11.0 Å². The van der Waals surface area contributed by atoms with Crippen LogP contribution >= 0.6 is 0 Å². The van der Waals surface area contributed by atoms with Gasteiger partial charge in [-0.1, -0.05) is 19.9 Å². The molecule has 1 aliphatic rings. The quantitative estimate of drug-likeness (QED) is 0.699. The van der Waals surface area contributed by atoms with E-state index >= 15 is 0 Å². The van der Waals surface area contributed by atoms with Crippen LogP contribution in [0.5, 0.6) is 0 Å². The fraction of sp³-hybridized carbons (Fsp3) is 0.250. The smallest absolute Gasteiger partial charge is 0.137 e. The van der Waals surface area contributed by atoms with Crippen LogP contribution in [0.2, 0.25) is 0 Å². The molecule has 0 amide bonds. The molecule has 126 valence electrons. The summed E-state index contributed by atoms with van der Waals surface area (Å²) in [6, 6.07) is 14.0. The van der Waals surface area contributed by atoms with Gasteiger partial charge in [0.05, 0.1) is 17.1 Å². The van der Waals surface area contributed by atoms with Gasteiger partial charge in [-0.3, -0.25) is 0 Å². The van der Waals surface area contributed by atoms with Gasteiger partial charge in [-0.2, -0.15) is 5.26 Å². The van der Waals surface area contributed by atoms with Crippen molar-refractivity contribution in [2.24, 2.45) is 0 Å². The number of nitrogens with two attached hydrogens (primary N) is 1. The Kier molecular flexibility index (Phi) is 4.80. The molecular formula is C20H21N5. The minimum Gasteiger partial charge on any atom is -0.399 e. The molecule has 0 fully saturated rings. The molecule has 1 atom stereocenters. The number of nitrogens with zero attached hydrogens (tertiary/aromatic N) is 3. The molecule has 3 aromatic rings. The molecule has 1 aliphatic carbocycles. The first-order valence-electron chi connectivity index (χ1n) is 8.51. The number of nitrogen functional groups attached to an aromatic ring is 1. The maximum absolute atomic E-state index is 9.09. The van der Waals surface area contributed by atoms with E-state index in [-0.39, 0.29) is 6.04 Å². The van der Waals surface area contributed by atoms with Crippen LogP contribution in [-0.2, 0) is 12.8 Å². The van der Waals surface area contributed by atoms with Crippen LogP contribution in [-0.4, -0.2) is 16.0 Å². The van der Waals surface area contributed by atoms with E-state index in [1.807, 2.05) is 38.1 Å². The van der Waals surface area contributed by atoms with Crippen LogP contribution in [0.1, 0.15) is 30.5 Å². The normalized spacial score (nSPS) is 15.0. The highest BCUT2D eigenvalue weighted by atomic mass is 15.0. The Balaban J connectivity index is 0.000000880. The number of nitriles is 1. The Labute approximate surface area is 147 Å². The van der Waals surface area contributed by atoms with Gasteiger partial charge in [-0.25, -0.2) is 9.97 Å². The van der Waals surface area contributed by atoms with Gasteiger partial charge in [-0.05, 0) is 54.3 Å². The molecule has 1 heterocycles. The summed E-state index contributed by atoms with van der Waals surface area (Å²) >= 11 is 0. The molecule has 0 saturated carbocycles. The van der Waals surface area contributed by atoms with E-state index < -0.39 is 0 Å². The summed E-state index contributed by atoms with van der Waals surface area (Å²) < 4.78 is 0. The molecule has 2 aromatic carbocycles. The molecule has 1 aromatic heterocycles. The van der Waals surface area contributed by atoms with Crippen LogP contribution < -0.4 is 11.1 Å². The summed E-state index contributed by atoms with van der Waals surface area (Å²) in [6.07, 6.45) is 3.42. The van der Waals surface area contributed by atoms with Crippen LogP contribution in [0.4, 0.5) is 11.5 Å². The molecule has 5 nitrogen and oxygen atoms in total. The third-order valence-electron chi connectivity index (χ3n) is 4.27. The monoisotopic (exact) mass is 331 g/mol. The lowest BCUT2D eigenvalue weighted by atomic mass is 10.1. The number of nitrogens with one attached hydrogen (secondary N) is 1. The second-order valence-corrected chi connectivity index (χ2v) is 5.84. The van der Waals surface area contributed by atoms with Crippen molar-refractivity contribution in [3.05, 3.63) is 59.4 Å². The molecule has 0 spiro atoms. The van der Waals surface area contributed by atoms with Crippen molar-refractivity contribution in [3.63, 3.8) is 0 Å². The SMILES string of the molecule is CC.N#Cc1ccc2ncnc(NC3Cc4ccc(N)cc4C3)c2c1. The first-order valence-corrected chi connectivity index (χ1v) is 8.51. The van der Waals surface area contributed by atoms with Gasteiger partial charge in [0.25, 0.3) is 0 Å². The Hall–Kier alpha value is -3.13. The number of anilines is 2. The van der Waals surface area contributed by atoms with Gasteiger partial charge in [0.2, 0.25) is 0 Å². The van der Waals surface area contributed by atoms with Crippen molar-refractivity contribution in [1.82, 2.24) is 9.97 Å². The molecule has 1 unspecified atom stereocenters. The van der Waals surface area contributed by atoms with Crippen molar-refractivity contribution in [1.29, 1.82) is 5.26 Å². The molecular weight excluding hydrogens is 310 g/mol. The maximum Gasteiger partial charge on any atom is 0.137 e. The highest BCUT2D eigenvalue weighted by Gasteiger charge is 2.22. The Morgan fingerprint density at radius 2 is 1.88 bits per heavy atom. The van der Waals surface area contributed by atoms with Gasteiger partial charge in [0.15, 0.2) is 0 Å². The van der Waals surface area contributed by atoms with Crippen molar-refractivity contribution in [2.75, 3.05) is 11.1 Å². The average Bonchev–Trinajstić information content (AvgIpc) is 3.04. The molecule has 0 saturated heterocycles. The summed E-state index contributed by atoms with van der Waals surface area (Å²) in [5, 5.41) is 13.5. The molecule has 0 radical (unpaired) electrons. The van der Waals surface area contributed by atoms with Gasteiger partial charge >= 0.3 is 0 Å². The van der Waals surface area contributed by atoms with Crippen molar-refractivity contribution in [2.45, 2.75) is 32.7 Å². The van der Waals surface area contributed by atoms with E-state index in [0.29, 0.717) is 5.56 Å². The van der Waals surface area contributed by atoms with Gasteiger partial charge < -0.3 is 11.1 Å². The van der Waals surface area contributed by atoms with Crippen LogP contribution in [0.25, 0.3) is 10.9 Å². The zero-order valence-corrected chi connectivity index (χ0v) is 14.5. The van der Waals surface area contributed by atoms with Gasteiger partial charge in [0, 0.05) is 17.1 Å². The number of hydrogen-bond donors (Lipinski definition) is 2. The van der Waals surface area contributed by atoms with E-state index in [9.17, 15) is 0 Å². The van der Waals surface area contributed by atoms with Crippen LogP contribution in [0.15, 0.2) is 42.7 Å². The highest BCUT2D eigenvalue weighted by molar-refractivity contribution is 5.90. The number of aromatic nitrogens is 2. The predicted molar refractivity (Wildman–Crippen MR) is 101 cm³/mol. The van der Waals surface area contributed by atoms with Gasteiger partial charge in [-0.15, -0.1) is 0 Å². The summed E-state index contributed by atoms with van der Waals surface area (Å²) in [4.78, 5) is 8.64. The fourth-order valence-electron chi connectivity index (χ4n) is 3.17. The number of benzene rings is 2. The minimum absolute atomic E-state index is 0.274. The highest BCUT2D eigenvalue weighted by Crippen LogP contribution is 2.28. The van der Waals surface area contributed by atoms with Crippen molar-refractivity contribution in [3.8, 4) is 6.07 Å². The second-order valence-electron chi connectivity index (χ2n) is 5.84. The molecule has 4 rings (SSSR count). The molecule has 5 heteroatoms. The lowest BCUT2D eigenvalue weighted by Crippen LogP contribution is -2.20. The van der Waals surface area contributed by atoms with E-state index in [1.54, 1.807) is 12.4 Å². The number of hydrogen-bond acceptors (Lipinski definition) is 5. The molecule has 0 bridgehead atoms. The zero-order valence-electron chi connectivity index (χ0n) is 14.5. The third-order valence-corrected chi connectivity index (χ3v) is 4.27. The number of fused-ring (bicyclic) bond motifs is 2. The van der Waals surface area contributed by atoms with Crippen molar-refractivity contribution < 1.29 is 0 Å². The second kappa shape index (κ2) is 7.18. The van der Waals surface area contributed by atoms with E-state index in [1.165, 1.54) is 11.1 Å². The van der Waals surface area contributed by atoms with Gasteiger partial charge in [0.1, 0.15) is 12.1 Å². The van der Waals surface area contributed by atoms with Crippen LogP contribution in [0, 0.1) is 11.3 Å². The topological polar surface area (TPSA) is 87.6 Å². The summed E-state index contributed by atoms with van der Waals surface area (Å²) in [7, 11) is 0. The van der Waals surface area contributed by atoms with E-state index in [0.717, 1.165) is 35.2 Å². The standard InChI is InChI=1S/C18H15N5.C2H6/c19-9-11-1-4-17-16(5-11)18(22-10-21-17)23-15-7-12-2-3-14(20)6-13(12)8-15;1-2/h1-6,10,15H,7-8,20H2,(H,21,22,23);1-2H3. The predicted octanol–water partition coefficient (Wildman–Crippen LogP) is 3.69. The number of rotatable bonds is 2. The third kappa shape index (κ3) is 3.38. The average molecular weight is 331 g/mol. The largest absolute Gasteiger partial charge is 0.399 e. The molecule has 0 aliphatic heterocycles. The van der Waals surface area contributed by atoms with Crippen LogP contribution in [0.3, 0.4) is 0 Å². The zero-order chi connectivity index (χ0) is 17.8. The summed E-state index contributed by atoms with van der Waals surface area (Å²) in [5.41, 5.74) is 10.7. The first kappa shape index (κ1) is 16.7. The lowest BCUT2D eigenvalue weighted by Gasteiger charge is -2.14. The summed E-state index contributed by atoms with van der Waals surface area (Å²) in [5.74, 6) is 0.776. The minimum atomic E-state index is 0.274. The maximum atomic E-state index is 9.09. The van der Waals surface area contributed by atoms with Crippen molar-refractivity contribution >= 4 is 22.4 Å². The Morgan fingerprint density at radius 1 is 1.08 bits per heavy atom. The summed E-state index contributed by atoms with van der Waals surface area (Å²) in [6.45, 7) is 4.00. The first-order chi connectivity index (χ1) is 12.2. The molecule has 3 N–H and O–H groups in total. The van der Waals surface area contributed by atoms with E-state index in [2.05, 4.69) is 27.4 Å². The molecule has 25 heavy (non-hydrogen) atoms. The lowest BCUT2D eigenvalue weighted by molar-refractivity contribution is 0.770. The Bertz CT molecular complexity index is 942. The fourth-order valence-corrected chi connectivity index (χ4v) is 3.17. The Morgan fingerprint density at radius 3 is 2.68 bits per heavy atom.